The number of hydrogen-bond donors (Lipinski definition) is 0. The van der Waals surface area contributed by atoms with Gasteiger partial charge in [-0.3, -0.25) is 0 Å². The second-order valence-electron chi connectivity index (χ2n) is 0.671. The first kappa shape index (κ1) is 24.1. The maximum absolute atomic E-state index is 8.62. The Labute approximate surface area is 111 Å². The van der Waals surface area contributed by atoms with Crippen molar-refractivity contribution in [3.63, 3.8) is 0 Å². The zero-order chi connectivity index (χ0) is 10.7. The Balaban J connectivity index is -0.0000000450. The van der Waals surface area contributed by atoms with Crippen LogP contribution in [0.3, 0.4) is 0 Å². The molecule has 0 aliphatic carbocycles. The Bertz CT molecular complexity index is 208. The third kappa shape index (κ3) is 608. The van der Waals surface area contributed by atoms with E-state index in [0.29, 0.717) is 0 Å². The molecule has 0 unspecified atom stereocenters. The molecule has 0 heterocycles. The summed E-state index contributed by atoms with van der Waals surface area (Å²) in [6.45, 7) is 0. The monoisotopic (exact) mass is 732 g/mol. The van der Waals surface area contributed by atoms with Gasteiger partial charge in [0, 0.05) is 0 Å². The van der Waals surface area contributed by atoms with Crippen molar-refractivity contribution >= 4 is 0 Å². The first-order chi connectivity index (χ1) is 5.20. The molecule has 72 valence electrons. The van der Waals surface area contributed by atoms with Crippen molar-refractivity contribution in [2.24, 2.45) is 0 Å². The molecule has 0 fully saturated rings. The minimum atomic E-state index is -4.34. The van der Waals surface area contributed by atoms with Crippen LogP contribution < -0.4 is 10.8 Å². The van der Waals surface area contributed by atoms with E-state index in [9.17, 15) is 0 Å². The van der Waals surface area contributed by atoms with Crippen molar-refractivity contribution in [2.45, 2.75) is 0 Å². The van der Waals surface area contributed by atoms with Gasteiger partial charge < -0.3 is 0 Å². The molecule has 0 spiro atoms. The molecule has 0 saturated carbocycles. The Morgan fingerprint density at radius 1 is 0.538 bits per heavy atom. The summed E-state index contributed by atoms with van der Waals surface area (Å²) in [6.07, 6.45) is 0. The van der Waals surface area contributed by atoms with Gasteiger partial charge in [0.2, 0.25) is 0 Å². The normalized spacial score (nSPS) is 5.77. The number of hydrogen-bond acceptors (Lipinski definition) is 9. The van der Waals surface area contributed by atoms with E-state index >= 15 is 0 Å². The van der Waals surface area contributed by atoms with Crippen LogP contribution in [0.15, 0.2) is 0 Å². The summed E-state index contributed by atoms with van der Waals surface area (Å²) in [5.41, 5.74) is 0. The summed E-state index contributed by atoms with van der Waals surface area (Å²) in [5.74, 6) is 0. The van der Waals surface area contributed by atoms with Crippen molar-refractivity contribution < 1.29 is 113 Å². The largest absolute Gasteiger partial charge is 3.00 e. The van der Waals surface area contributed by atoms with Crippen molar-refractivity contribution in [3.8, 4) is 0 Å². The molecule has 0 amide bonds. The zero-order valence-corrected chi connectivity index (χ0v) is 17.0. The third-order valence-electron chi connectivity index (χ3n) is 0. The summed E-state index contributed by atoms with van der Waals surface area (Å²) in [6, 6.07) is 0. The molecule has 0 aromatic heterocycles. The van der Waals surface area contributed by atoms with Crippen molar-refractivity contribution in [1.82, 2.24) is 0 Å². The molecule has 0 rings (SSSR count). The fourth-order valence-corrected chi connectivity index (χ4v) is 0. The maximum Gasteiger partial charge on any atom is 3.00 e. The van der Waals surface area contributed by atoms with E-state index in [4.69, 9.17) is 30.3 Å². The number of rotatable bonds is 0. The van der Waals surface area contributed by atoms with Gasteiger partial charge in [0.05, 0.1) is 0 Å². The fraction of sp³-hybridized carbons (Fsp3) is 0. The molecule has 9 nitrogen and oxygen atoms in total. The summed E-state index contributed by atoms with van der Waals surface area (Å²) in [5, 5.41) is 0. The average molecular weight is 732 g/mol. The van der Waals surface area contributed by atoms with Crippen molar-refractivity contribution in [3.05, 3.63) is 0 Å². The van der Waals surface area contributed by atoms with Gasteiger partial charge in [-0.05, 0) is 0 Å². The predicted octanol–water partition coefficient (Wildman–Crippen LogP) is -4.29. The van der Waals surface area contributed by atoms with Gasteiger partial charge in [-0.15, -0.1) is 0 Å². The minimum absolute atomic E-state index is 0. The van der Waals surface area contributed by atoms with Crippen LogP contribution in [0.25, 0.3) is 0 Å². The molecule has 0 N–H and O–H groups in total. The van der Waals surface area contributed by atoms with Crippen LogP contribution >= 0.6 is 0 Å². The summed E-state index contributed by atoms with van der Waals surface area (Å²) in [7, 11) is 0. The predicted molar refractivity (Wildman–Crippen MR) is 4.12 cm³/mol. The molecule has 0 aliphatic rings. The van der Waals surface area contributed by atoms with Crippen LogP contribution in [0.4, 0.5) is 0 Å². The molecule has 0 radical (unpaired) electrons. The van der Waals surface area contributed by atoms with Crippen LogP contribution in [0, 0.1) is 0 Å². The van der Waals surface area contributed by atoms with Gasteiger partial charge in [-0.25, -0.2) is 0 Å². The molecular weight excluding hydrogens is 732 g/mol. The maximum atomic E-state index is 8.62. The van der Waals surface area contributed by atoms with Crippen LogP contribution in [0.5, 0.6) is 0 Å². The Morgan fingerprint density at radius 2 is 0.538 bits per heavy atom. The summed E-state index contributed by atoms with van der Waals surface area (Å²) in [4.78, 5) is 0. The van der Waals surface area contributed by atoms with Gasteiger partial charge in [0.25, 0.3) is 0 Å². The van der Waals surface area contributed by atoms with Gasteiger partial charge in [0.1, 0.15) is 0 Å². The molecule has 13 heavy (non-hydrogen) atoms. The van der Waals surface area contributed by atoms with E-state index in [2.05, 4.69) is 0 Å². The van der Waals surface area contributed by atoms with E-state index in [1.165, 1.54) is 0 Å². The molecule has 0 aromatic rings. The second-order valence-corrected chi connectivity index (χ2v) is 5.49. The SMILES string of the molecule is [O]=[Ta](=[O])[O-].[O]=[Ta](=[O])[O-].[O]=[Ta](=[O])[O-].[Sc+3]. The van der Waals surface area contributed by atoms with Crippen molar-refractivity contribution in [2.75, 3.05) is 0 Å². The van der Waals surface area contributed by atoms with Crippen LogP contribution in [-0.2, 0) is 102 Å². The first-order valence-electron chi connectivity index (χ1n) is 1.64. The van der Waals surface area contributed by atoms with E-state index in [-0.39, 0.29) is 25.8 Å². The smallest absolute Gasteiger partial charge is 3.00 e. The van der Waals surface area contributed by atoms with Crippen LogP contribution in [0.2, 0.25) is 0 Å². The summed E-state index contributed by atoms with van der Waals surface area (Å²) < 4.78 is 77.6. The topological polar surface area (TPSA) is 172 Å². The average Bonchev–Trinajstić information content (AvgIpc) is 1.54. The zero-order valence-electron chi connectivity index (χ0n) is 5.59. The van der Waals surface area contributed by atoms with E-state index in [1.54, 1.807) is 0 Å². The van der Waals surface area contributed by atoms with E-state index < -0.39 is 56.4 Å². The molecular formula is O9ScTa3. The molecule has 0 bridgehead atoms. The van der Waals surface area contributed by atoms with Gasteiger partial charge in [0.15, 0.2) is 0 Å². The molecule has 0 saturated heterocycles. The van der Waals surface area contributed by atoms with Crippen LogP contribution in [0.1, 0.15) is 0 Å². The van der Waals surface area contributed by atoms with E-state index in [1.807, 2.05) is 0 Å². The molecule has 13 heteroatoms. The standard InChI is InChI=1S/9O.Sc.3Ta/q;;;;;;3*-1;+3;;;. The van der Waals surface area contributed by atoms with E-state index in [0.717, 1.165) is 0 Å². The molecule has 0 atom stereocenters. The van der Waals surface area contributed by atoms with Gasteiger partial charge >= 0.3 is 113 Å². The van der Waals surface area contributed by atoms with Crippen molar-refractivity contribution in [1.29, 1.82) is 0 Å². The van der Waals surface area contributed by atoms with Crippen LogP contribution in [-0.4, -0.2) is 0 Å². The first-order valence-corrected chi connectivity index (χ1v) is 13.4. The summed E-state index contributed by atoms with van der Waals surface area (Å²) >= 11 is -13.0. The van der Waals surface area contributed by atoms with Gasteiger partial charge in [-0.2, -0.15) is 0 Å². The fourth-order valence-electron chi connectivity index (χ4n) is 0. The Morgan fingerprint density at radius 3 is 0.538 bits per heavy atom. The minimum Gasteiger partial charge on any atom is 3.00 e. The quantitative estimate of drug-likeness (QED) is 0.239. The van der Waals surface area contributed by atoms with Gasteiger partial charge in [-0.1, -0.05) is 0 Å². The molecule has 0 aromatic carbocycles. The second kappa shape index (κ2) is 19.4. The third-order valence-corrected chi connectivity index (χ3v) is 0. The Kier molecular flexibility index (Phi) is 36.0. The molecule has 0 aliphatic heterocycles. The Hall–Kier alpha value is 1.77.